The summed E-state index contributed by atoms with van der Waals surface area (Å²) >= 11 is 0. The lowest BCUT2D eigenvalue weighted by atomic mass is 10.0. The fraction of sp³-hybridized carbons (Fsp3) is 0.273. The van der Waals surface area contributed by atoms with Crippen molar-refractivity contribution < 1.29 is 9.90 Å². The first kappa shape index (κ1) is 10.3. The van der Waals surface area contributed by atoms with Crippen LogP contribution in [0.4, 0.5) is 0 Å². The molecule has 0 aliphatic carbocycles. The number of nitrogens with zero attached hydrogens (tertiary/aromatic N) is 1. The second-order valence-corrected chi connectivity index (χ2v) is 3.04. The van der Waals surface area contributed by atoms with Crippen LogP contribution in [0.3, 0.4) is 0 Å². The van der Waals surface area contributed by atoms with Crippen LogP contribution in [0.1, 0.15) is 34.8 Å². The normalized spacial score (nSPS) is 9.43. The van der Waals surface area contributed by atoms with Gasteiger partial charge in [-0.05, 0) is 24.1 Å². The van der Waals surface area contributed by atoms with Gasteiger partial charge in [0.1, 0.15) is 0 Å². The van der Waals surface area contributed by atoms with Crippen molar-refractivity contribution in [2.75, 3.05) is 0 Å². The van der Waals surface area contributed by atoms with Gasteiger partial charge < -0.3 is 5.11 Å². The van der Waals surface area contributed by atoms with E-state index in [1.165, 1.54) is 12.1 Å². The van der Waals surface area contributed by atoms with Crippen molar-refractivity contribution in [3.63, 3.8) is 0 Å². The molecule has 14 heavy (non-hydrogen) atoms. The second kappa shape index (κ2) is 4.43. The molecule has 1 aromatic carbocycles. The second-order valence-electron chi connectivity index (χ2n) is 3.04. The Labute approximate surface area is 82.6 Å². The molecule has 0 heterocycles. The number of carboxylic acid groups (broad SMARTS) is 1. The number of carbonyl (C=O) groups is 1. The highest BCUT2D eigenvalue weighted by Gasteiger charge is 2.07. The first-order chi connectivity index (χ1) is 6.69. The summed E-state index contributed by atoms with van der Waals surface area (Å²) in [6.07, 6.45) is 1.75. The molecule has 0 aliphatic heterocycles. The van der Waals surface area contributed by atoms with E-state index in [2.05, 4.69) is 0 Å². The Morgan fingerprint density at radius 2 is 2.29 bits per heavy atom. The van der Waals surface area contributed by atoms with Crippen molar-refractivity contribution >= 4 is 5.97 Å². The van der Waals surface area contributed by atoms with Crippen LogP contribution in [0.2, 0.25) is 0 Å². The van der Waals surface area contributed by atoms with E-state index in [0.717, 1.165) is 18.4 Å². The molecule has 0 bridgehead atoms. The van der Waals surface area contributed by atoms with Gasteiger partial charge in [-0.15, -0.1) is 0 Å². The summed E-state index contributed by atoms with van der Waals surface area (Å²) in [5.74, 6) is -0.996. The van der Waals surface area contributed by atoms with Crippen molar-refractivity contribution in [1.29, 1.82) is 5.26 Å². The first-order valence-electron chi connectivity index (χ1n) is 4.45. The molecule has 0 saturated carbocycles. The van der Waals surface area contributed by atoms with Gasteiger partial charge in [-0.3, -0.25) is 0 Å². The molecular weight excluding hydrogens is 178 g/mol. The third-order valence-corrected chi connectivity index (χ3v) is 2.00. The number of aryl methyl sites for hydroxylation is 1. The van der Waals surface area contributed by atoms with Crippen LogP contribution in [-0.2, 0) is 6.42 Å². The van der Waals surface area contributed by atoms with E-state index in [9.17, 15) is 4.79 Å². The molecule has 0 aliphatic rings. The Kier molecular flexibility index (Phi) is 3.24. The van der Waals surface area contributed by atoms with Crippen LogP contribution in [-0.4, -0.2) is 11.1 Å². The van der Waals surface area contributed by atoms with Gasteiger partial charge in [0.15, 0.2) is 0 Å². The number of carboxylic acids is 1. The Bertz CT molecular complexity index is 391. The highest BCUT2D eigenvalue weighted by atomic mass is 16.4. The summed E-state index contributed by atoms with van der Waals surface area (Å²) in [5.41, 5.74) is 1.55. The van der Waals surface area contributed by atoms with Gasteiger partial charge in [-0.1, -0.05) is 19.4 Å². The lowest BCUT2D eigenvalue weighted by Gasteiger charge is -2.02. The zero-order valence-electron chi connectivity index (χ0n) is 7.95. The number of hydrogen-bond donors (Lipinski definition) is 1. The minimum Gasteiger partial charge on any atom is -0.478 e. The van der Waals surface area contributed by atoms with E-state index in [-0.39, 0.29) is 5.56 Å². The molecule has 0 saturated heterocycles. The highest BCUT2D eigenvalue weighted by molar-refractivity contribution is 5.88. The quantitative estimate of drug-likeness (QED) is 0.792. The smallest absolute Gasteiger partial charge is 0.335 e. The van der Waals surface area contributed by atoms with Gasteiger partial charge in [0.2, 0.25) is 0 Å². The van der Waals surface area contributed by atoms with E-state index in [1.807, 2.05) is 13.0 Å². The maximum absolute atomic E-state index is 10.6. The van der Waals surface area contributed by atoms with E-state index in [0.29, 0.717) is 5.56 Å². The summed E-state index contributed by atoms with van der Waals surface area (Å²) in [7, 11) is 0. The fourth-order valence-electron chi connectivity index (χ4n) is 1.30. The molecule has 1 aromatic rings. The Morgan fingerprint density at radius 1 is 1.57 bits per heavy atom. The van der Waals surface area contributed by atoms with Crippen LogP contribution >= 0.6 is 0 Å². The zero-order chi connectivity index (χ0) is 10.6. The van der Waals surface area contributed by atoms with Gasteiger partial charge in [-0.25, -0.2) is 4.79 Å². The van der Waals surface area contributed by atoms with Crippen LogP contribution in [0.25, 0.3) is 0 Å². The summed E-state index contributed by atoms with van der Waals surface area (Å²) in [6.45, 7) is 2.02. The van der Waals surface area contributed by atoms with Gasteiger partial charge in [0.05, 0.1) is 17.2 Å². The monoisotopic (exact) mass is 189 g/mol. The highest BCUT2D eigenvalue weighted by Crippen LogP contribution is 2.13. The predicted molar refractivity (Wildman–Crippen MR) is 52.1 cm³/mol. The minimum absolute atomic E-state index is 0.168. The number of benzene rings is 1. The third kappa shape index (κ3) is 2.11. The van der Waals surface area contributed by atoms with E-state index in [4.69, 9.17) is 10.4 Å². The first-order valence-corrected chi connectivity index (χ1v) is 4.45. The Morgan fingerprint density at radius 3 is 2.79 bits per heavy atom. The van der Waals surface area contributed by atoms with E-state index in [1.54, 1.807) is 6.07 Å². The fourth-order valence-corrected chi connectivity index (χ4v) is 1.30. The van der Waals surface area contributed by atoms with Gasteiger partial charge in [-0.2, -0.15) is 5.26 Å². The molecule has 0 aromatic heterocycles. The topological polar surface area (TPSA) is 61.1 Å². The number of nitriles is 1. The molecule has 0 atom stereocenters. The average molecular weight is 189 g/mol. The van der Waals surface area contributed by atoms with Crippen molar-refractivity contribution in [2.45, 2.75) is 19.8 Å². The summed E-state index contributed by atoms with van der Waals surface area (Å²) < 4.78 is 0. The largest absolute Gasteiger partial charge is 0.478 e. The molecule has 3 nitrogen and oxygen atoms in total. The molecule has 0 unspecified atom stereocenters. The number of hydrogen-bond acceptors (Lipinski definition) is 2. The predicted octanol–water partition coefficient (Wildman–Crippen LogP) is 2.21. The van der Waals surface area contributed by atoms with Gasteiger partial charge in [0, 0.05) is 0 Å². The molecule has 0 fully saturated rings. The molecule has 0 spiro atoms. The molecule has 0 radical (unpaired) electrons. The van der Waals surface area contributed by atoms with Crippen molar-refractivity contribution in [2.24, 2.45) is 0 Å². The van der Waals surface area contributed by atoms with E-state index >= 15 is 0 Å². The van der Waals surface area contributed by atoms with Crippen molar-refractivity contribution in [3.05, 3.63) is 34.9 Å². The van der Waals surface area contributed by atoms with Crippen LogP contribution in [0.5, 0.6) is 0 Å². The zero-order valence-corrected chi connectivity index (χ0v) is 7.95. The molecule has 72 valence electrons. The maximum Gasteiger partial charge on any atom is 0.335 e. The molecule has 0 amide bonds. The van der Waals surface area contributed by atoms with Gasteiger partial charge >= 0.3 is 5.97 Å². The SMILES string of the molecule is CCCc1ccc(C(=O)O)cc1C#N. The summed E-state index contributed by atoms with van der Waals surface area (Å²) in [6, 6.07) is 6.69. The average Bonchev–Trinajstić information content (AvgIpc) is 2.18. The standard InChI is InChI=1S/C11H11NO2/c1-2-3-8-4-5-9(11(13)14)6-10(8)7-12/h4-6H,2-3H2,1H3,(H,13,14). The Hall–Kier alpha value is -1.82. The summed E-state index contributed by atoms with van der Waals surface area (Å²) in [4.78, 5) is 10.6. The molecule has 1 rings (SSSR count). The Balaban J connectivity index is 3.13. The van der Waals surface area contributed by atoms with Gasteiger partial charge in [0.25, 0.3) is 0 Å². The van der Waals surface area contributed by atoms with Crippen molar-refractivity contribution in [1.82, 2.24) is 0 Å². The van der Waals surface area contributed by atoms with Crippen molar-refractivity contribution in [3.8, 4) is 6.07 Å². The number of rotatable bonds is 3. The van der Waals surface area contributed by atoms with Crippen LogP contribution < -0.4 is 0 Å². The van der Waals surface area contributed by atoms with Crippen LogP contribution in [0.15, 0.2) is 18.2 Å². The number of aromatic carboxylic acids is 1. The summed E-state index contributed by atoms with van der Waals surface area (Å²) in [5, 5.41) is 17.5. The van der Waals surface area contributed by atoms with Crippen LogP contribution in [0, 0.1) is 11.3 Å². The lowest BCUT2D eigenvalue weighted by molar-refractivity contribution is 0.0697. The van der Waals surface area contributed by atoms with E-state index < -0.39 is 5.97 Å². The molecule has 3 heteroatoms. The minimum atomic E-state index is -0.996. The maximum atomic E-state index is 10.6. The third-order valence-electron chi connectivity index (χ3n) is 2.00. The lowest BCUT2D eigenvalue weighted by Crippen LogP contribution is -1.99. The molecule has 1 N–H and O–H groups in total. The molecular formula is C11H11NO2.